The van der Waals surface area contributed by atoms with Crippen molar-refractivity contribution in [3.63, 3.8) is 0 Å². The Hall–Kier alpha value is -2.67. The molecular weight excluding hydrogens is 341 g/mol. The molecule has 0 radical (unpaired) electrons. The maximum atomic E-state index is 12.9. The molecule has 0 atom stereocenters. The van der Waals surface area contributed by atoms with E-state index in [0.29, 0.717) is 10.4 Å². The van der Waals surface area contributed by atoms with Gasteiger partial charge in [0.05, 0.1) is 11.7 Å². The Labute approximate surface area is 140 Å². The van der Waals surface area contributed by atoms with Crippen LogP contribution in [0.2, 0.25) is 5.02 Å². The minimum atomic E-state index is -4.64. The highest BCUT2D eigenvalue weighted by atomic mass is 35.5. The first-order chi connectivity index (χ1) is 11.4. The third kappa shape index (κ3) is 3.62. The summed E-state index contributed by atoms with van der Waals surface area (Å²) in [6.45, 7) is 0. The molecular formula is C16H10ClF3N4. The molecule has 3 rings (SSSR count). The Morgan fingerprint density at radius 3 is 2.42 bits per heavy atom. The SMILES string of the molecule is FC(F)(F)c1nc(N/N=C/c2ccc(Cl)cc2)c2ccccc2n1. The smallest absolute Gasteiger partial charge is 0.261 e. The molecule has 24 heavy (non-hydrogen) atoms. The van der Waals surface area contributed by atoms with Crippen molar-refractivity contribution >= 4 is 34.5 Å². The largest absolute Gasteiger partial charge is 0.451 e. The number of anilines is 1. The van der Waals surface area contributed by atoms with Gasteiger partial charge in [-0.25, -0.2) is 9.97 Å². The second kappa shape index (κ2) is 6.45. The Kier molecular flexibility index (Phi) is 4.35. The third-order valence-corrected chi connectivity index (χ3v) is 3.36. The number of hydrogen-bond acceptors (Lipinski definition) is 4. The molecule has 3 aromatic rings. The van der Waals surface area contributed by atoms with Crippen LogP contribution in [0.3, 0.4) is 0 Å². The monoisotopic (exact) mass is 350 g/mol. The van der Waals surface area contributed by atoms with Crippen molar-refractivity contribution in [2.45, 2.75) is 6.18 Å². The number of halogens is 4. The summed E-state index contributed by atoms with van der Waals surface area (Å²) in [5, 5.41) is 4.96. The van der Waals surface area contributed by atoms with E-state index in [0.717, 1.165) is 5.56 Å². The maximum absolute atomic E-state index is 12.9. The molecule has 1 N–H and O–H groups in total. The van der Waals surface area contributed by atoms with Crippen LogP contribution in [-0.4, -0.2) is 16.2 Å². The van der Waals surface area contributed by atoms with Crippen molar-refractivity contribution in [3.05, 3.63) is 64.9 Å². The number of nitrogens with one attached hydrogen (secondary N) is 1. The quantitative estimate of drug-likeness (QED) is 0.548. The van der Waals surface area contributed by atoms with E-state index in [1.807, 2.05) is 0 Å². The zero-order valence-electron chi connectivity index (χ0n) is 12.0. The van der Waals surface area contributed by atoms with Crippen LogP contribution in [0.5, 0.6) is 0 Å². The van der Waals surface area contributed by atoms with E-state index < -0.39 is 12.0 Å². The molecule has 0 spiro atoms. The van der Waals surface area contributed by atoms with E-state index >= 15 is 0 Å². The van der Waals surface area contributed by atoms with Gasteiger partial charge in [0.25, 0.3) is 0 Å². The summed E-state index contributed by atoms with van der Waals surface area (Å²) in [5.41, 5.74) is 3.47. The number of alkyl halides is 3. The minimum absolute atomic E-state index is 0.0156. The molecule has 0 aliphatic carbocycles. The van der Waals surface area contributed by atoms with Gasteiger partial charge >= 0.3 is 6.18 Å². The van der Waals surface area contributed by atoms with Gasteiger partial charge in [-0.15, -0.1) is 0 Å². The molecule has 0 saturated carbocycles. The van der Waals surface area contributed by atoms with Crippen LogP contribution in [0.1, 0.15) is 11.4 Å². The molecule has 0 fully saturated rings. The van der Waals surface area contributed by atoms with Gasteiger partial charge in [-0.2, -0.15) is 18.3 Å². The number of benzene rings is 2. The summed E-state index contributed by atoms with van der Waals surface area (Å²) in [4.78, 5) is 7.08. The second-order valence-corrected chi connectivity index (χ2v) is 5.27. The number of aromatic nitrogens is 2. The normalized spacial score (nSPS) is 12.0. The van der Waals surface area contributed by atoms with Crippen LogP contribution in [0, 0.1) is 0 Å². The maximum Gasteiger partial charge on any atom is 0.451 e. The van der Waals surface area contributed by atoms with Gasteiger partial charge in [-0.05, 0) is 29.8 Å². The highest BCUT2D eigenvalue weighted by Crippen LogP contribution is 2.30. The first-order valence-electron chi connectivity index (χ1n) is 6.82. The van der Waals surface area contributed by atoms with Gasteiger partial charge in [-0.1, -0.05) is 35.9 Å². The molecule has 0 bridgehead atoms. The van der Waals surface area contributed by atoms with Gasteiger partial charge in [0.15, 0.2) is 5.82 Å². The zero-order valence-corrected chi connectivity index (χ0v) is 12.8. The fourth-order valence-corrected chi connectivity index (χ4v) is 2.13. The fourth-order valence-electron chi connectivity index (χ4n) is 2.01. The summed E-state index contributed by atoms with van der Waals surface area (Å²) in [6, 6.07) is 13.2. The lowest BCUT2D eigenvalue weighted by Gasteiger charge is -2.09. The number of hydrazone groups is 1. The second-order valence-electron chi connectivity index (χ2n) is 4.83. The predicted molar refractivity (Wildman–Crippen MR) is 87.2 cm³/mol. The summed E-state index contributed by atoms with van der Waals surface area (Å²) in [5.74, 6) is -1.23. The first kappa shape index (κ1) is 16.2. The van der Waals surface area contributed by atoms with Crippen LogP contribution in [0.25, 0.3) is 10.9 Å². The average Bonchev–Trinajstić information content (AvgIpc) is 2.55. The van der Waals surface area contributed by atoms with Gasteiger partial charge < -0.3 is 0 Å². The summed E-state index contributed by atoms with van der Waals surface area (Å²) in [6.07, 6.45) is -3.18. The van der Waals surface area contributed by atoms with Crippen molar-refractivity contribution in [3.8, 4) is 0 Å². The molecule has 1 heterocycles. The fraction of sp³-hybridized carbons (Fsp3) is 0.0625. The van der Waals surface area contributed by atoms with Gasteiger partial charge in [0, 0.05) is 10.4 Å². The lowest BCUT2D eigenvalue weighted by molar-refractivity contribution is -0.144. The highest BCUT2D eigenvalue weighted by molar-refractivity contribution is 6.30. The number of para-hydroxylation sites is 1. The molecule has 0 unspecified atom stereocenters. The summed E-state index contributed by atoms with van der Waals surface area (Å²) < 4.78 is 38.8. The minimum Gasteiger partial charge on any atom is -0.261 e. The Bertz CT molecular complexity index is 892. The van der Waals surface area contributed by atoms with Crippen LogP contribution in [0.4, 0.5) is 19.0 Å². The lowest BCUT2D eigenvalue weighted by atomic mass is 10.2. The molecule has 8 heteroatoms. The molecule has 0 aliphatic rings. The van der Waals surface area contributed by atoms with Gasteiger partial charge in [-0.3, -0.25) is 5.43 Å². The molecule has 2 aromatic carbocycles. The molecule has 4 nitrogen and oxygen atoms in total. The van der Waals surface area contributed by atoms with Crippen LogP contribution in [-0.2, 0) is 6.18 Å². The molecule has 1 aromatic heterocycles. The van der Waals surface area contributed by atoms with Crippen molar-refractivity contribution in [1.82, 2.24) is 9.97 Å². The van der Waals surface area contributed by atoms with Crippen LogP contribution >= 0.6 is 11.6 Å². The zero-order chi connectivity index (χ0) is 17.2. The van der Waals surface area contributed by atoms with E-state index in [1.54, 1.807) is 42.5 Å². The van der Waals surface area contributed by atoms with Crippen molar-refractivity contribution in [2.24, 2.45) is 5.10 Å². The van der Waals surface area contributed by atoms with E-state index in [-0.39, 0.29) is 11.3 Å². The standard InChI is InChI=1S/C16H10ClF3N4/c17-11-7-5-10(6-8-11)9-21-24-14-12-3-1-2-4-13(12)22-15(23-14)16(18,19)20/h1-9H,(H,22,23,24)/b21-9+. The van der Waals surface area contributed by atoms with Crippen molar-refractivity contribution in [2.75, 3.05) is 5.43 Å². The van der Waals surface area contributed by atoms with Crippen LogP contribution in [0.15, 0.2) is 53.6 Å². The number of rotatable bonds is 3. The molecule has 122 valence electrons. The Morgan fingerprint density at radius 2 is 1.71 bits per heavy atom. The average molecular weight is 351 g/mol. The number of fused-ring (bicyclic) bond motifs is 1. The topological polar surface area (TPSA) is 50.2 Å². The first-order valence-corrected chi connectivity index (χ1v) is 7.20. The summed E-state index contributed by atoms with van der Waals surface area (Å²) >= 11 is 5.78. The van der Waals surface area contributed by atoms with E-state index in [2.05, 4.69) is 20.5 Å². The molecule has 0 aliphatic heterocycles. The third-order valence-electron chi connectivity index (χ3n) is 3.11. The highest BCUT2D eigenvalue weighted by Gasteiger charge is 2.35. The van der Waals surface area contributed by atoms with E-state index in [4.69, 9.17) is 11.6 Å². The van der Waals surface area contributed by atoms with E-state index in [9.17, 15) is 13.2 Å². The Balaban J connectivity index is 1.94. The number of hydrogen-bond donors (Lipinski definition) is 1. The van der Waals surface area contributed by atoms with Crippen molar-refractivity contribution in [1.29, 1.82) is 0 Å². The van der Waals surface area contributed by atoms with E-state index in [1.165, 1.54) is 12.3 Å². The molecule has 0 amide bonds. The predicted octanol–water partition coefficient (Wildman–Crippen LogP) is 4.75. The Morgan fingerprint density at radius 1 is 1.00 bits per heavy atom. The lowest BCUT2D eigenvalue weighted by Crippen LogP contribution is -2.12. The van der Waals surface area contributed by atoms with Gasteiger partial charge in [0.2, 0.25) is 5.82 Å². The van der Waals surface area contributed by atoms with Gasteiger partial charge in [0.1, 0.15) is 0 Å². The number of nitrogens with zero attached hydrogens (tertiary/aromatic N) is 3. The summed E-state index contributed by atoms with van der Waals surface area (Å²) in [7, 11) is 0. The molecule has 0 saturated heterocycles. The van der Waals surface area contributed by atoms with Crippen LogP contribution < -0.4 is 5.43 Å². The van der Waals surface area contributed by atoms with Crippen molar-refractivity contribution < 1.29 is 13.2 Å².